The van der Waals surface area contributed by atoms with Gasteiger partial charge in [0.1, 0.15) is 29.7 Å². The third kappa shape index (κ3) is 8.71. The topological polar surface area (TPSA) is 203 Å². The number of morpholine rings is 1. The zero-order valence-electron chi connectivity index (χ0n) is 41.0. The average Bonchev–Trinajstić information content (AvgIpc) is 3.85. The van der Waals surface area contributed by atoms with Crippen LogP contribution < -0.4 is 29.3 Å². The monoisotopic (exact) mass is 1020 g/mol. The number of carbonyl (C=O) groups is 1. The fourth-order valence-corrected chi connectivity index (χ4v) is 13.6. The average molecular weight is 1020 g/mol. The van der Waals surface area contributed by atoms with Crippen molar-refractivity contribution in [2.75, 3.05) is 81.0 Å². The SMILES string of the molecule is CC(C)c1ccccc1[C@@H]1COCCN1C1CC2(CCN(c3ccc(C(=O)NS(=O)(=O)c4cc5c(c([N+](=O)[O-])c4)N[C@@H](C4(F)CCOCC4)CO5)c(N4c5cc6cc[nH]c6nc5O[C@H]5COCC[C@@H]54)c3)CC2)C1. The number of aromatic nitrogens is 2. The summed E-state index contributed by atoms with van der Waals surface area (Å²) in [5.74, 6) is -0.324. The van der Waals surface area contributed by atoms with Crippen molar-refractivity contribution in [2.45, 2.75) is 106 Å². The summed E-state index contributed by atoms with van der Waals surface area (Å²) >= 11 is 0. The van der Waals surface area contributed by atoms with Crippen molar-refractivity contribution < 1.29 is 46.2 Å². The van der Waals surface area contributed by atoms with Crippen molar-refractivity contribution in [1.82, 2.24) is 19.6 Å². The molecule has 0 unspecified atom stereocenters. The molecule has 0 radical (unpaired) electrons. The van der Waals surface area contributed by atoms with Crippen molar-refractivity contribution in [3.05, 3.63) is 99.7 Å². The number of fused-ring (bicyclic) bond motifs is 4. The van der Waals surface area contributed by atoms with Crippen LogP contribution in [0.25, 0.3) is 11.0 Å². The predicted molar refractivity (Wildman–Crippen MR) is 271 cm³/mol. The molecule has 386 valence electrons. The highest BCUT2D eigenvalue weighted by Crippen LogP contribution is 2.54. The van der Waals surface area contributed by atoms with Crippen LogP contribution in [0.15, 0.2) is 77.8 Å². The molecule has 3 aromatic carbocycles. The van der Waals surface area contributed by atoms with E-state index in [-0.39, 0.29) is 73.8 Å². The molecule has 8 heterocycles. The predicted octanol–water partition coefficient (Wildman–Crippen LogP) is 7.92. The van der Waals surface area contributed by atoms with Gasteiger partial charge in [-0.25, -0.2) is 17.5 Å². The van der Waals surface area contributed by atoms with Crippen LogP contribution in [0, 0.1) is 15.5 Å². The third-order valence-electron chi connectivity index (χ3n) is 16.7. The lowest BCUT2D eigenvalue weighted by Gasteiger charge is -2.57. The number of benzene rings is 3. The van der Waals surface area contributed by atoms with Gasteiger partial charge in [-0.2, -0.15) is 4.98 Å². The Kier molecular flexibility index (Phi) is 12.3. The Bertz CT molecular complexity index is 3060. The number of H-pyrrole nitrogens is 1. The number of sulfonamides is 1. The molecular weight excluding hydrogens is 960 g/mol. The van der Waals surface area contributed by atoms with Crippen LogP contribution >= 0.6 is 0 Å². The second kappa shape index (κ2) is 18.7. The van der Waals surface area contributed by atoms with Crippen LogP contribution in [-0.4, -0.2) is 130 Å². The number of nitro groups is 1. The summed E-state index contributed by atoms with van der Waals surface area (Å²) in [6, 6.07) is 19.6. The van der Waals surface area contributed by atoms with Crippen molar-refractivity contribution in [3.8, 4) is 11.6 Å². The van der Waals surface area contributed by atoms with Gasteiger partial charge in [-0.1, -0.05) is 38.1 Å². The molecule has 1 amide bonds. The fourth-order valence-electron chi connectivity index (χ4n) is 12.6. The Hall–Kier alpha value is -6.06. The summed E-state index contributed by atoms with van der Waals surface area (Å²) in [6.07, 6.45) is 6.28. The molecule has 4 atom stereocenters. The van der Waals surface area contributed by atoms with E-state index in [1.54, 1.807) is 12.3 Å². The Labute approximate surface area is 423 Å². The minimum Gasteiger partial charge on any atom is -0.489 e. The number of amides is 1. The van der Waals surface area contributed by atoms with E-state index in [1.165, 1.54) is 11.1 Å². The summed E-state index contributed by atoms with van der Waals surface area (Å²) in [7, 11) is -4.78. The molecule has 20 heteroatoms. The summed E-state index contributed by atoms with van der Waals surface area (Å²) in [4.78, 5) is 41.1. The Balaban J connectivity index is 0.839. The van der Waals surface area contributed by atoms with E-state index in [4.69, 9.17) is 28.7 Å². The van der Waals surface area contributed by atoms with Crippen LogP contribution in [-0.2, 0) is 24.2 Å². The molecule has 2 aromatic heterocycles. The van der Waals surface area contributed by atoms with Crippen LogP contribution in [0.3, 0.4) is 0 Å². The largest absolute Gasteiger partial charge is 0.489 e. The molecular formula is C53H61FN8O10S. The molecule has 18 nitrogen and oxygen atoms in total. The van der Waals surface area contributed by atoms with Gasteiger partial charge in [-0.3, -0.25) is 19.8 Å². The molecule has 5 aromatic rings. The van der Waals surface area contributed by atoms with Gasteiger partial charge in [0.2, 0.25) is 5.88 Å². The van der Waals surface area contributed by atoms with Gasteiger partial charge in [0.15, 0.2) is 11.4 Å². The van der Waals surface area contributed by atoms with Crippen molar-refractivity contribution >= 4 is 55.4 Å². The number of nitro benzene ring substituents is 1. The van der Waals surface area contributed by atoms with Crippen molar-refractivity contribution in [1.29, 1.82) is 0 Å². The van der Waals surface area contributed by atoms with Gasteiger partial charge in [0.05, 0.1) is 59.0 Å². The molecule has 73 heavy (non-hydrogen) atoms. The third-order valence-corrected chi connectivity index (χ3v) is 18.0. The highest BCUT2D eigenvalue weighted by Gasteiger charge is 2.51. The van der Waals surface area contributed by atoms with E-state index in [2.05, 4.69) is 62.9 Å². The molecule has 3 N–H and O–H groups in total. The first kappa shape index (κ1) is 47.9. The summed E-state index contributed by atoms with van der Waals surface area (Å²) in [6.45, 7) is 9.35. The number of rotatable bonds is 10. The Morgan fingerprint density at radius 3 is 2.51 bits per heavy atom. The number of hydrogen-bond donors (Lipinski definition) is 3. The summed E-state index contributed by atoms with van der Waals surface area (Å²) in [5, 5.41) is 16.3. The highest BCUT2D eigenvalue weighted by atomic mass is 32.2. The number of nitrogens with zero attached hydrogens (tertiary/aromatic N) is 5. The van der Waals surface area contributed by atoms with Gasteiger partial charge >= 0.3 is 0 Å². The van der Waals surface area contributed by atoms with Crippen molar-refractivity contribution in [2.24, 2.45) is 5.41 Å². The summed E-state index contributed by atoms with van der Waals surface area (Å²) < 4.78 is 76.7. The van der Waals surface area contributed by atoms with E-state index in [0.717, 1.165) is 75.1 Å². The molecule has 4 saturated heterocycles. The van der Waals surface area contributed by atoms with Gasteiger partial charge in [0.25, 0.3) is 21.6 Å². The molecule has 6 aliphatic heterocycles. The molecule has 7 aliphatic rings. The molecule has 12 rings (SSSR count). The molecule has 5 fully saturated rings. The maximum Gasteiger partial charge on any atom is 0.297 e. The first-order valence-corrected chi connectivity index (χ1v) is 27.1. The standard InChI is InChI=1S/C53H61FN8O10S/c1-32(2)37-5-3-4-6-38(37)44-29-70-22-18-60(44)35-27-52(28-35)11-16-59(17-12-52)34-7-8-39(41(24-34)61-40-10-19-69-30-46(40)72-51-43(61)23-33-9-15-55-49(33)57-51)50(63)58-73(66,67)36-25-42(62(64)65)48-45(26-36)71-31-47(56-48)53(54)13-20-68-21-14-53/h3-9,15,23-26,32,35,40,44,46-47,56H,10-14,16-22,27-31H2,1-2H3,(H,55,57)(H,58,63)/t40-,44-,46-,47+/m0/s1. The van der Waals surface area contributed by atoms with Crippen molar-refractivity contribution in [3.63, 3.8) is 0 Å². The van der Waals surface area contributed by atoms with E-state index >= 15 is 4.39 Å². The molecule has 1 aliphatic carbocycles. The number of alkyl halides is 1. The molecule has 0 bridgehead atoms. The lowest BCUT2D eigenvalue weighted by Crippen LogP contribution is -2.58. The summed E-state index contributed by atoms with van der Waals surface area (Å²) in [5.41, 5.74) is 3.09. The van der Waals surface area contributed by atoms with Gasteiger partial charge in [-0.05, 0) is 84.9 Å². The van der Waals surface area contributed by atoms with Crippen LogP contribution in [0.2, 0.25) is 0 Å². The maximum absolute atomic E-state index is 16.0. The fraction of sp³-hybridized carbons (Fsp3) is 0.509. The Morgan fingerprint density at radius 2 is 1.71 bits per heavy atom. The number of piperidine rings is 1. The minimum atomic E-state index is -4.78. The number of hydrogen-bond acceptors (Lipinski definition) is 15. The van der Waals surface area contributed by atoms with Crippen LogP contribution in [0.5, 0.6) is 11.6 Å². The zero-order chi connectivity index (χ0) is 50.2. The minimum absolute atomic E-state index is 0.0620. The second-order valence-corrected chi connectivity index (χ2v) is 22.9. The number of nitrogens with one attached hydrogen (secondary N) is 3. The molecule has 1 spiro atoms. The number of carbonyl (C=O) groups excluding carboxylic acids is 1. The number of ether oxygens (including phenoxy) is 5. The number of pyridine rings is 1. The maximum atomic E-state index is 16.0. The van der Waals surface area contributed by atoms with Gasteiger partial charge in [-0.15, -0.1) is 0 Å². The lowest BCUT2D eigenvalue weighted by molar-refractivity contribution is -0.384. The Morgan fingerprint density at radius 1 is 0.918 bits per heavy atom. The highest BCUT2D eigenvalue weighted by molar-refractivity contribution is 7.90. The van der Waals surface area contributed by atoms with E-state index in [1.807, 2.05) is 29.2 Å². The lowest BCUT2D eigenvalue weighted by atomic mass is 9.59. The van der Waals surface area contributed by atoms with E-state index in [9.17, 15) is 23.3 Å². The number of halogens is 1. The van der Waals surface area contributed by atoms with Crippen LogP contribution in [0.1, 0.15) is 92.2 Å². The van der Waals surface area contributed by atoms with Gasteiger partial charge in [0, 0.05) is 87.7 Å². The van der Waals surface area contributed by atoms with Crippen LogP contribution in [0.4, 0.5) is 32.8 Å². The normalized spacial score (nSPS) is 24.9. The van der Waals surface area contributed by atoms with Gasteiger partial charge < -0.3 is 43.8 Å². The first-order valence-electron chi connectivity index (χ1n) is 25.7. The zero-order valence-corrected chi connectivity index (χ0v) is 41.8. The van der Waals surface area contributed by atoms with E-state index < -0.39 is 49.3 Å². The number of anilines is 4. The smallest absolute Gasteiger partial charge is 0.297 e. The quantitative estimate of drug-likeness (QED) is 0.0899. The van der Waals surface area contributed by atoms with E-state index in [0.29, 0.717) is 54.5 Å². The second-order valence-electron chi connectivity index (χ2n) is 21.2. The molecule has 1 saturated carbocycles. The number of aromatic amines is 1. The first-order chi connectivity index (χ1) is 35.3.